The SMILES string of the molecule is CCCCn1c(CSc2nnc(C3CC3)n2CC)nc2c1c(=O)[nH]c(=O)n2Cc1ccccc1. The first-order chi connectivity index (χ1) is 16.6. The van der Waals surface area contributed by atoms with Crippen molar-refractivity contribution in [3.8, 4) is 0 Å². The van der Waals surface area contributed by atoms with Crippen molar-refractivity contribution < 1.29 is 0 Å². The van der Waals surface area contributed by atoms with Crippen LogP contribution in [0.15, 0.2) is 45.1 Å². The van der Waals surface area contributed by atoms with Gasteiger partial charge in [-0.1, -0.05) is 55.4 Å². The number of hydrogen-bond acceptors (Lipinski definition) is 6. The Bertz CT molecular complexity index is 1410. The number of hydrogen-bond donors (Lipinski definition) is 1. The molecule has 0 saturated heterocycles. The van der Waals surface area contributed by atoms with Crippen molar-refractivity contribution in [3.05, 3.63) is 68.4 Å². The van der Waals surface area contributed by atoms with E-state index in [1.54, 1.807) is 16.3 Å². The fourth-order valence-electron chi connectivity index (χ4n) is 4.27. The first-order valence-corrected chi connectivity index (χ1v) is 12.9. The quantitative estimate of drug-likeness (QED) is 0.349. The topological polar surface area (TPSA) is 103 Å². The number of benzene rings is 1. The number of nitrogens with zero attached hydrogens (tertiary/aromatic N) is 6. The minimum Gasteiger partial charge on any atom is -0.321 e. The molecular weight excluding hydrogens is 450 g/mol. The zero-order chi connectivity index (χ0) is 23.7. The van der Waals surface area contributed by atoms with Crippen LogP contribution in [0.1, 0.15) is 62.7 Å². The molecule has 4 aromatic rings. The van der Waals surface area contributed by atoms with Crippen LogP contribution in [0.25, 0.3) is 11.2 Å². The lowest BCUT2D eigenvalue weighted by Crippen LogP contribution is -2.31. The molecule has 0 aliphatic heterocycles. The summed E-state index contributed by atoms with van der Waals surface area (Å²) in [4.78, 5) is 33.0. The van der Waals surface area contributed by atoms with Crippen LogP contribution in [-0.4, -0.2) is 33.9 Å². The molecule has 178 valence electrons. The van der Waals surface area contributed by atoms with E-state index in [1.807, 2.05) is 34.9 Å². The average Bonchev–Trinajstić information content (AvgIpc) is 3.50. The van der Waals surface area contributed by atoms with Crippen LogP contribution >= 0.6 is 11.8 Å². The van der Waals surface area contributed by atoms with E-state index in [-0.39, 0.29) is 0 Å². The lowest BCUT2D eigenvalue weighted by atomic mass is 10.2. The second-order valence-electron chi connectivity index (χ2n) is 8.68. The molecule has 0 amide bonds. The Labute approximate surface area is 201 Å². The molecule has 0 atom stereocenters. The van der Waals surface area contributed by atoms with Crippen molar-refractivity contribution in [2.45, 2.75) is 76.0 Å². The summed E-state index contributed by atoms with van der Waals surface area (Å²) < 4.78 is 5.71. The van der Waals surface area contributed by atoms with Crippen molar-refractivity contribution in [3.63, 3.8) is 0 Å². The molecule has 1 aliphatic rings. The summed E-state index contributed by atoms with van der Waals surface area (Å²) in [5.41, 5.74) is 1.02. The van der Waals surface area contributed by atoms with E-state index >= 15 is 0 Å². The number of aromatic nitrogens is 7. The third kappa shape index (κ3) is 4.34. The van der Waals surface area contributed by atoms with Gasteiger partial charge in [-0.05, 0) is 31.7 Å². The van der Waals surface area contributed by atoms with Crippen molar-refractivity contribution in [1.29, 1.82) is 0 Å². The fraction of sp³-hybridized carbons (Fsp3) is 0.458. The van der Waals surface area contributed by atoms with Crippen molar-refractivity contribution in [2.24, 2.45) is 0 Å². The van der Waals surface area contributed by atoms with Gasteiger partial charge in [0.15, 0.2) is 16.3 Å². The Kier molecular flexibility index (Phi) is 6.40. The van der Waals surface area contributed by atoms with Gasteiger partial charge in [0.2, 0.25) is 0 Å². The van der Waals surface area contributed by atoms with Crippen LogP contribution in [0.4, 0.5) is 0 Å². The third-order valence-electron chi connectivity index (χ3n) is 6.22. The highest BCUT2D eigenvalue weighted by atomic mass is 32.2. The zero-order valence-corrected chi connectivity index (χ0v) is 20.3. The maximum Gasteiger partial charge on any atom is 0.330 e. The molecule has 0 unspecified atom stereocenters. The number of aryl methyl sites for hydroxylation is 1. The average molecular weight is 480 g/mol. The predicted octanol–water partition coefficient (Wildman–Crippen LogP) is 3.52. The molecule has 3 heterocycles. The smallest absolute Gasteiger partial charge is 0.321 e. The van der Waals surface area contributed by atoms with Crippen molar-refractivity contribution in [2.75, 3.05) is 0 Å². The van der Waals surface area contributed by atoms with Gasteiger partial charge in [0.25, 0.3) is 5.56 Å². The number of fused-ring (bicyclic) bond motifs is 1. The van der Waals surface area contributed by atoms with Crippen LogP contribution in [-0.2, 0) is 25.4 Å². The summed E-state index contributed by atoms with van der Waals surface area (Å²) >= 11 is 1.58. The first-order valence-electron chi connectivity index (χ1n) is 11.9. The van der Waals surface area contributed by atoms with Gasteiger partial charge < -0.3 is 9.13 Å². The summed E-state index contributed by atoms with van der Waals surface area (Å²) in [7, 11) is 0. The van der Waals surface area contributed by atoms with Crippen LogP contribution < -0.4 is 11.2 Å². The molecule has 34 heavy (non-hydrogen) atoms. The van der Waals surface area contributed by atoms with E-state index in [4.69, 9.17) is 4.98 Å². The highest BCUT2D eigenvalue weighted by Gasteiger charge is 2.30. The van der Waals surface area contributed by atoms with E-state index in [9.17, 15) is 9.59 Å². The largest absolute Gasteiger partial charge is 0.330 e. The Hall–Kier alpha value is -3.14. The van der Waals surface area contributed by atoms with Gasteiger partial charge >= 0.3 is 5.69 Å². The molecule has 1 aliphatic carbocycles. The molecular formula is C24H29N7O2S. The van der Waals surface area contributed by atoms with Gasteiger partial charge in [-0.2, -0.15) is 0 Å². The molecule has 5 rings (SSSR count). The molecule has 0 radical (unpaired) electrons. The highest BCUT2D eigenvalue weighted by molar-refractivity contribution is 7.98. The molecule has 3 aromatic heterocycles. The van der Waals surface area contributed by atoms with Crippen LogP contribution in [0.3, 0.4) is 0 Å². The molecule has 1 N–H and O–H groups in total. The Morgan fingerprint density at radius 2 is 1.85 bits per heavy atom. The number of nitrogens with one attached hydrogen (secondary N) is 1. The van der Waals surface area contributed by atoms with E-state index in [0.29, 0.717) is 35.9 Å². The number of rotatable bonds is 10. The predicted molar refractivity (Wildman–Crippen MR) is 132 cm³/mol. The van der Waals surface area contributed by atoms with Gasteiger partial charge in [0.1, 0.15) is 11.6 Å². The van der Waals surface area contributed by atoms with E-state index in [1.165, 1.54) is 12.8 Å². The Morgan fingerprint density at radius 1 is 1.06 bits per heavy atom. The molecule has 0 bridgehead atoms. The summed E-state index contributed by atoms with van der Waals surface area (Å²) in [5, 5.41) is 9.73. The second-order valence-corrected chi connectivity index (χ2v) is 9.63. The number of aromatic amines is 1. The monoisotopic (exact) mass is 479 g/mol. The summed E-state index contributed by atoms with van der Waals surface area (Å²) in [6.45, 7) is 6.07. The van der Waals surface area contributed by atoms with Gasteiger partial charge in [-0.3, -0.25) is 14.3 Å². The lowest BCUT2D eigenvalue weighted by Gasteiger charge is -2.09. The summed E-state index contributed by atoms with van der Waals surface area (Å²) in [6, 6.07) is 9.73. The first kappa shape index (κ1) is 22.6. The number of imidazole rings is 1. The van der Waals surface area contributed by atoms with Gasteiger partial charge in [-0.25, -0.2) is 9.78 Å². The van der Waals surface area contributed by atoms with E-state index in [0.717, 1.165) is 41.8 Å². The summed E-state index contributed by atoms with van der Waals surface area (Å²) in [5.74, 6) is 2.91. The van der Waals surface area contributed by atoms with E-state index < -0.39 is 11.2 Å². The number of unbranched alkanes of at least 4 members (excludes halogenated alkanes) is 1. The normalized spacial score (nSPS) is 13.7. The molecule has 1 saturated carbocycles. The van der Waals surface area contributed by atoms with Gasteiger partial charge in [0.05, 0.1) is 12.3 Å². The molecule has 1 aromatic carbocycles. The van der Waals surface area contributed by atoms with Gasteiger partial charge in [-0.15, -0.1) is 10.2 Å². The zero-order valence-electron chi connectivity index (χ0n) is 19.5. The van der Waals surface area contributed by atoms with Crippen LogP contribution in [0.5, 0.6) is 0 Å². The van der Waals surface area contributed by atoms with Crippen LogP contribution in [0.2, 0.25) is 0 Å². The minimum absolute atomic E-state index is 0.346. The number of thioether (sulfide) groups is 1. The lowest BCUT2D eigenvalue weighted by molar-refractivity contribution is 0.624. The van der Waals surface area contributed by atoms with Gasteiger partial charge in [0, 0.05) is 19.0 Å². The molecule has 0 spiro atoms. The van der Waals surface area contributed by atoms with Crippen molar-refractivity contribution in [1.82, 2.24) is 33.9 Å². The highest BCUT2D eigenvalue weighted by Crippen LogP contribution is 2.40. The number of H-pyrrole nitrogens is 1. The second kappa shape index (κ2) is 9.61. The maximum absolute atomic E-state index is 12.9. The summed E-state index contributed by atoms with van der Waals surface area (Å²) in [6.07, 6.45) is 4.26. The maximum atomic E-state index is 12.9. The van der Waals surface area contributed by atoms with E-state index in [2.05, 4.69) is 33.6 Å². The fourth-order valence-corrected chi connectivity index (χ4v) is 5.23. The van der Waals surface area contributed by atoms with Crippen LogP contribution in [0, 0.1) is 0 Å². The van der Waals surface area contributed by atoms with Crippen molar-refractivity contribution >= 4 is 22.9 Å². The third-order valence-corrected chi connectivity index (χ3v) is 7.18. The Balaban J connectivity index is 1.54. The molecule has 10 heteroatoms. The molecule has 9 nitrogen and oxygen atoms in total. The molecule has 1 fully saturated rings. The Morgan fingerprint density at radius 3 is 2.56 bits per heavy atom. The minimum atomic E-state index is -0.444. The standard InChI is InChI=1S/C24H29N7O2S/c1-3-5-13-30-18(15-34-24-28-27-20(17-11-12-17)29(24)4-2)25-21-19(30)22(32)26-23(33)31(21)14-16-9-7-6-8-10-16/h6-10,17H,3-5,11-15H2,1-2H3,(H,26,32,33).